The number of piperidine rings is 1. The Balaban J connectivity index is 1.25. The van der Waals surface area contributed by atoms with Gasteiger partial charge in [0, 0.05) is 26.2 Å². The van der Waals surface area contributed by atoms with Gasteiger partial charge in [-0.2, -0.15) is 0 Å². The molecule has 6 heteroatoms. The van der Waals surface area contributed by atoms with Crippen molar-refractivity contribution in [1.29, 1.82) is 0 Å². The molecule has 0 N–H and O–H groups in total. The van der Waals surface area contributed by atoms with Crippen LogP contribution in [0, 0.1) is 0 Å². The van der Waals surface area contributed by atoms with E-state index in [0.29, 0.717) is 6.10 Å². The first-order valence-corrected chi connectivity index (χ1v) is 10.8. The van der Waals surface area contributed by atoms with Crippen LogP contribution in [-0.4, -0.2) is 80.8 Å². The van der Waals surface area contributed by atoms with E-state index >= 15 is 0 Å². The van der Waals surface area contributed by atoms with Gasteiger partial charge in [-0.15, -0.1) is 0 Å². The molecule has 1 amide bonds. The Hall–Kier alpha value is -1.63. The number of likely N-dealkylation sites (tertiary alicyclic amines) is 2. The van der Waals surface area contributed by atoms with Crippen molar-refractivity contribution in [1.82, 2.24) is 9.80 Å². The van der Waals surface area contributed by atoms with Crippen molar-refractivity contribution in [3.8, 4) is 5.75 Å². The molecule has 0 bridgehead atoms. The van der Waals surface area contributed by atoms with Gasteiger partial charge in [0.05, 0.1) is 31.5 Å². The lowest BCUT2D eigenvalue weighted by Gasteiger charge is -2.35. The highest BCUT2D eigenvalue weighted by Gasteiger charge is 2.38. The maximum absolute atomic E-state index is 13.1. The molecule has 3 aliphatic heterocycles. The van der Waals surface area contributed by atoms with E-state index in [0.717, 1.165) is 63.5 Å². The smallest absolute Gasteiger partial charge is 0.244 e. The monoisotopic (exact) mass is 387 g/mol. The number of carbonyl (C=O) groups is 1. The number of rotatable bonds is 7. The third-order valence-electron chi connectivity index (χ3n) is 6.43. The van der Waals surface area contributed by atoms with Crippen molar-refractivity contribution in [2.45, 2.75) is 44.2 Å². The van der Waals surface area contributed by atoms with Crippen molar-refractivity contribution in [3.63, 3.8) is 0 Å². The lowest BCUT2D eigenvalue weighted by atomic mass is 10.0. The zero-order chi connectivity index (χ0) is 19.3. The van der Waals surface area contributed by atoms with Gasteiger partial charge in [0.15, 0.2) is 0 Å². The van der Waals surface area contributed by atoms with E-state index in [1.165, 1.54) is 25.9 Å². The molecule has 3 heterocycles. The minimum absolute atomic E-state index is 0.00420. The molecule has 0 saturated carbocycles. The summed E-state index contributed by atoms with van der Waals surface area (Å²) in [6.07, 6.45) is 5.95. The highest BCUT2D eigenvalue weighted by atomic mass is 16.5. The van der Waals surface area contributed by atoms with Crippen molar-refractivity contribution in [2.75, 3.05) is 57.9 Å². The van der Waals surface area contributed by atoms with Crippen molar-refractivity contribution < 1.29 is 14.3 Å². The number of amides is 1. The normalized spacial score (nSPS) is 25.0. The average Bonchev–Trinajstić information content (AvgIpc) is 3.38. The molecule has 28 heavy (non-hydrogen) atoms. The Kier molecular flexibility index (Phi) is 6.50. The van der Waals surface area contributed by atoms with E-state index in [1.54, 1.807) is 7.11 Å². The molecule has 0 aliphatic carbocycles. The third-order valence-corrected chi connectivity index (χ3v) is 6.43. The van der Waals surface area contributed by atoms with Gasteiger partial charge in [0.25, 0.3) is 0 Å². The summed E-state index contributed by atoms with van der Waals surface area (Å²) in [5.41, 5.74) is 0.887. The maximum Gasteiger partial charge on any atom is 0.244 e. The SMILES string of the molecule is COc1ccccc1N1CCC(N2CCC(OCCN3CCCC3)CC2)C1=O. The largest absolute Gasteiger partial charge is 0.495 e. The summed E-state index contributed by atoms with van der Waals surface area (Å²) in [6.45, 7) is 7.03. The van der Waals surface area contributed by atoms with Gasteiger partial charge in [0.2, 0.25) is 5.91 Å². The summed E-state index contributed by atoms with van der Waals surface area (Å²) in [5.74, 6) is 0.972. The van der Waals surface area contributed by atoms with Gasteiger partial charge in [-0.3, -0.25) is 9.69 Å². The van der Waals surface area contributed by atoms with Gasteiger partial charge < -0.3 is 19.3 Å². The summed E-state index contributed by atoms with van der Waals surface area (Å²) in [5, 5.41) is 0. The van der Waals surface area contributed by atoms with Crippen LogP contribution in [-0.2, 0) is 9.53 Å². The predicted molar refractivity (Wildman–Crippen MR) is 110 cm³/mol. The van der Waals surface area contributed by atoms with Crippen LogP contribution in [0.25, 0.3) is 0 Å². The Bertz CT molecular complexity index is 654. The molecule has 0 radical (unpaired) electrons. The number of ether oxygens (including phenoxy) is 2. The van der Waals surface area contributed by atoms with E-state index < -0.39 is 0 Å². The first-order valence-electron chi connectivity index (χ1n) is 10.8. The van der Waals surface area contributed by atoms with E-state index in [4.69, 9.17) is 9.47 Å². The lowest BCUT2D eigenvalue weighted by Crippen LogP contribution is -2.47. The van der Waals surface area contributed by atoms with Crippen molar-refractivity contribution in [3.05, 3.63) is 24.3 Å². The van der Waals surface area contributed by atoms with Gasteiger partial charge >= 0.3 is 0 Å². The number of para-hydroxylation sites is 2. The first kappa shape index (κ1) is 19.7. The molecule has 1 aromatic rings. The molecule has 0 spiro atoms. The van der Waals surface area contributed by atoms with Gasteiger partial charge in [0.1, 0.15) is 5.75 Å². The predicted octanol–water partition coefficient (Wildman–Crippen LogP) is 2.38. The Labute approximate surface area is 168 Å². The molecule has 0 aromatic heterocycles. The second kappa shape index (κ2) is 9.25. The maximum atomic E-state index is 13.1. The summed E-state index contributed by atoms with van der Waals surface area (Å²) in [7, 11) is 1.66. The highest BCUT2D eigenvalue weighted by Crippen LogP contribution is 2.33. The molecule has 3 aliphatic rings. The number of benzene rings is 1. The highest BCUT2D eigenvalue weighted by molar-refractivity contribution is 6.00. The summed E-state index contributed by atoms with van der Waals surface area (Å²) in [4.78, 5) is 19.8. The molecule has 1 unspecified atom stereocenters. The quantitative estimate of drug-likeness (QED) is 0.719. The summed E-state index contributed by atoms with van der Waals surface area (Å²) >= 11 is 0. The molecule has 3 fully saturated rings. The van der Waals surface area contributed by atoms with Crippen LogP contribution >= 0.6 is 0 Å². The van der Waals surface area contributed by atoms with Gasteiger partial charge in [-0.1, -0.05) is 12.1 Å². The van der Waals surface area contributed by atoms with Crippen LogP contribution in [0.5, 0.6) is 5.75 Å². The molecule has 1 aromatic carbocycles. The number of hydrogen-bond donors (Lipinski definition) is 0. The third kappa shape index (κ3) is 4.34. The Morgan fingerprint density at radius 1 is 1.00 bits per heavy atom. The second-order valence-corrected chi connectivity index (χ2v) is 8.12. The first-order chi connectivity index (χ1) is 13.8. The van der Waals surface area contributed by atoms with Crippen LogP contribution in [0.15, 0.2) is 24.3 Å². The number of carbonyl (C=O) groups excluding carboxylic acids is 1. The van der Waals surface area contributed by atoms with Crippen molar-refractivity contribution in [2.24, 2.45) is 0 Å². The molecule has 3 saturated heterocycles. The van der Waals surface area contributed by atoms with Crippen LogP contribution in [0.1, 0.15) is 32.1 Å². The molecule has 6 nitrogen and oxygen atoms in total. The van der Waals surface area contributed by atoms with Crippen LogP contribution in [0.3, 0.4) is 0 Å². The standard InChI is InChI=1S/C22H33N3O3/c1-27-21-7-3-2-6-19(21)25-15-10-20(22(25)26)24-13-8-18(9-14-24)28-17-16-23-11-4-5-12-23/h2-3,6-7,18,20H,4-5,8-17H2,1H3. The van der Waals surface area contributed by atoms with Gasteiger partial charge in [-0.25, -0.2) is 0 Å². The van der Waals surface area contributed by atoms with Gasteiger partial charge in [-0.05, 0) is 57.3 Å². The average molecular weight is 388 g/mol. The fourth-order valence-electron chi connectivity index (χ4n) is 4.80. The van der Waals surface area contributed by atoms with Crippen LogP contribution in [0.4, 0.5) is 5.69 Å². The summed E-state index contributed by atoms with van der Waals surface area (Å²) in [6, 6.07) is 7.79. The number of methoxy groups -OCH3 is 1. The van der Waals surface area contributed by atoms with E-state index in [9.17, 15) is 4.79 Å². The zero-order valence-corrected chi connectivity index (χ0v) is 17.0. The van der Waals surface area contributed by atoms with E-state index in [2.05, 4.69) is 9.80 Å². The Morgan fingerprint density at radius 2 is 1.75 bits per heavy atom. The minimum atomic E-state index is -0.00420. The minimum Gasteiger partial charge on any atom is -0.495 e. The molecular weight excluding hydrogens is 354 g/mol. The summed E-state index contributed by atoms with van der Waals surface area (Å²) < 4.78 is 11.6. The molecule has 4 rings (SSSR count). The van der Waals surface area contributed by atoms with E-state index in [1.807, 2.05) is 29.2 Å². The Morgan fingerprint density at radius 3 is 2.50 bits per heavy atom. The van der Waals surface area contributed by atoms with Crippen molar-refractivity contribution >= 4 is 11.6 Å². The van der Waals surface area contributed by atoms with Crippen LogP contribution in [0.2, 0.25) is 0 Å². The fraction of sp³-hybridized carbons (Fsp3) is 0.682. The number of nitrogens with zero attached hydrogens (tertiary/aromatic N) is 3. The number of hydrogen-bond acceptors (Lipinski definition) is 5. The van der Waals surface area contributed by atoms with E-state index in [-0.39, 0.29) is 11.9 Å². The molecule has 154 valence electrons. The van der Waals surface area contributed by atoms with Crippen LogP contribution < -0.4 is 9.64 Å². The fourth-order valence-corrected chi connectivity index (χ4v) is 4.80. The molecule has 1 atom stereocenters. The lowest BCUT2D eigenvalue weighted by molar-refractivity contribution is -0.122. The second-order valence-electron chi connectivity index (χ2n) is 8.12. The molecular formula is C22H33N3O3. The number of anilines is 1. The zero-order valence-electron chi connectivity index (χ0n) is 17.0. The topological polar surface area (TPSA) is 45.2 Å².